The Kier molecular flexibility index (Phi) is 5.20. The van der Waals surface area contributed by atoms with Crippen LogP contribution in [0.15, 0.2) is 39.5 Å². The van der Waals surface area contributed by atoms with Crippen LogP contribution in [0.4, 0.5) is 5.69 Å². The Morgan fingerprint density at radius 3 is 2.76 bits per heavy atom. The molecule has 1 N–H and O–H groups in total. The fraction of sp³-hybridized carbons (Fsp3) is 0.188. The first kappa shape index (κ1) is 15.8. The molecule has 0 saturated carbocycles. The topological polar surface area (TPSA) is 40.5 Å². The minimum atomic E-state index is -0.933. The van der Waals surface area contributed by atoms with Gasteiger partial charge in [0.05, 0.1) is 3.79 Å². The highest BCUT2D eigenvalue weighted by molar-refractivity contribution is 9.11. The number of carboxylic acid groups (broad SMARTS) is 1. The van der Waals surface area contributed by atoms with Crippen molar-refractivity contribution < 1.29 is 9.90 Å². The minimum absolute atomic E-state index is 0.841. The molecule has 0 atom stereocenters. The standard InChI is InChI=1S/C16H16BrNO2S/c1-11-7-12(4-6-16(19)20)3-5-14(11)18(2)9-13-8-15(17)21-10-13/h3-8,10H,9H2,1-2H3,(H,19,20). The summed E-state index contributed by atoms with van der Waals surface area (Å²) in [5.41, 5.74) is 4.43. The van der Waals surface area contributed by atoms with E-state index in [-0.39, 0.29) is 0 Å². The predicted octanol–water partition coefficient (Wildman–Crippen LogP) is 4.55. The Bertz CT molecular complexity index is 679. The molecule has 0 radical (unpaired) electrons. The molecule has 21 heavy (non-hydrogen) atoms. The molecule has 0 aliphatic rings. The lowest BCUT2D eigenvalue weighted by Gasteiger charge is -2.21. The molecule has 3 nitrogen and oxygen atoms in total. The van der Waals surface area contributed by atoms with Crippen LogP contribution < -0.4 is 4.90 Å². The lowest BCUT2D eigenvalue weighted by atomic mass is 10.1. The summed E-state index contributed by atoms with van der Waals surface area (Å²) in [6.07, 6.45) is 2.76. The fourth-order valence-electron chi connectivity index (χ4n) is 2.17. The molecule has 0 spiro atoms. The van der Waals surface area contributed by atoms with Crippen molar-refractivity contribution in [2.75, 3.05) is 11.9 Å². The van der Waals surface area contributed by atoms with E-state index in [4.69, 9.17) is 5.11 Å². The molecule has 110 valence electrons. The second kappa shape index (κ2) is 6.91. The molecule has 0 aliphatic carbocycles. The lowest BCUT2D eigenvalue weighted by molar-refractivity contribution is -0.131. The van der Waals surface area contributed by atoms with Crippen LogP contribution in [0.2, 0.25) is 0 Å². The summed E-state index contributed by atoms with van der Waals surface area (Å²) < 4.78 is 1.14. The van der Waals surface area contributed by atoms with Crippen molar-refractivity contribution in [2.24, 2.45) is 0 Å². The summed E-state index contributed by atoms with van der Waals surface area (Å²) in [7, 11) is 2.06. The predicted molar refractivity (Wildman–Crippen MR) is 92.0 cm³/mol. The number of aliphatic carboxylic acids is 1. The average Bonchev–Trinajstić information content (AvgIpc) is 2.81. The average molecular weight is 366 g/mol. The molecule has 0 unspecified atom stereocenters. The van der Waals surface area contributed by atoms with E-state index in [2.05, 4.69) is 39.3 Å². The van der Waals surface area contributed by atoms with Gasteiger partial charge in [0.2, 0.25) is 0 Å². The van der Waals surface area contributed by atoms with Crippen molar-refractivity contribution in [2.45, 2.75) is 13.5 Å². The molecule has 1 heterocycles. The number of hydrogen-bond acceptors (Lipinski definition) is 3. The van der Waals surface area contributed by atoms with Crippen molar-refractivity contribution in [3.05, 3.63) is 56.2 Å². The number of carbonyl (C=O) groups is 1. The number of hydrogen-bond donors (Lipinski definition) is 1. The normalized spacial score (nSPS) is 11.0. The van der Waals surface area contributed by atoms with E-state index in [1.54, 1.807) is 17.4 Å². The van der Waals surface area contributed by atoms with Crippen LogP contribution in [-0.2, 0) is 11.3 Å². The molecule has 5 heteroatoms. The van der Waals surface area contributed by atoms with E-state index in [1.807, 2.05) is 25.1 Å². The van der Waals surface area contributed by atoms with E-state index in [0.717, 1.165) is 33.2 Å². The van der Waals surface area contributed by atoms with Crippen LogP contribution in [0, 0.1) is 6.92 Å². The van der Waals surface area contributed by atoms with E-state index in [9.17, 15) is 4.79 Å². The van der Waals surface area contributed by atoms with Crippen LogP contribution in [0.1, 0.15) is 16.7 Å². The largest absolute Gasteiger partial charge is 0.478 e. The van der Waals surface area contributed by atoms with Crippen molar-refractivity contribution in [1.29, 1.82) is 0 Å². The fourth-order valence-corrected chi connectivity index (χ4v) is 3.37. The van der Waals surface area contributed by atoms with E-state index < -0.39 is 5.97 Å². The van der Waals surface area contributed by atoms with Crippen LogP contribution in [0.3, 0.4) is 0 Å². The Balaban J connectivity index is 2.14. The lowest BCUT2D eigenvalue weighted by Crippen LogP contribution is -2.16. The maximum Gasteiger partial charge on any atom is 0.328 e. The molecule has 2 rings (SSSR count). The third-order valence-electron chi connectivity index (χ3n) is 3.09. The van der Waals surface area contributed by atoms with Gasteiger partial charge >= 0.3 is 5.97 Å². The summed E-state index contributed by atoms with van der Waals surface area (Å²) >= 11 is 5.16. The first-order chi connectivity index (χ1) is 9.95. The summed E-state index contributed by atoms with van der Waals surface area (Å²) in [5, 5.41) is 10.8. The SMILES string of the molecule is Cc1cc(C=CC(=O)O)ccc1N(C)Cc1csc(Br)c1. The highest BCUT2D eigenvalue weighted by atomic mass is 79.9. The van der Waals surface area contributed by atoms with Crippen molar-refractivity contribution in [3.63, 3.8) is 0 Å². The third-order valence-corrected chi connectivity index (χ3v) is 4.65. The number of carboxylic acids is 1. The number of benzene rings is 1. The summed E-state index contributed by atoms with van der Waals surface area (Å²) in [4.78, 5) is 12.7. The van der Waals surface area contributed by atoms with E-state index in [0.29, 0.717) is 0 Å². The second-order valence-electron chi connectivity index (χ2n) is 4.83. The number of nitrogens with zero attached hydrogens (tertiary/aromatic N) is 1. The second-order valence-corrected chi connectivity index (χ2v) is 7.12. The first-order valence-corrected chi connectivity index (χ1v) is 8.08. The van der Waals surface area contributed by atoms with Crippen LogP contribution >= 0.6 is 27.3 Å². The van der Waals surface area contributed by atoms with Crippen molar-refractivity contribution in [1.82, 2.24) is 0 Å². The van der Waals surface area contributed by atoms with Gasteiger partial charge in [0.1, 0.15) is 0 Å². The Labute approximate surface area is 136 Å². The summed E-state index contributed by atoms with van der Waals surface area (Å²) in [5.74, 6) is -0.933. The van der Waals surface area contributed by atoms with Gasteiger partial charge in [-0.05, 0) is 69.2 Å². The summed E-state index contributed by atoms with van der Waals surface area (Å²) in [6, 6.07) is 8.08. The maximum absolute atomic E-state index is 10.5. The molecule has 0 bridgehead atoms. The van der Waals surface area contributed by atoms with Gasteiger partial charge in [0.15, 0.2) is 0 Å². The first-order valence-electron chi connectivity index (χ1n) is 6.41. The molecule has 1 aromatic carbocycles. The zero-order valence-electron chi connectivity index (χ0n) is 11.8. The van der Waals surface area contributed by atoms with Crippen LogP contribution in [-0.4, -0.2) is 18.1 Å². The van der Waals surface area contributed by atoms with Gasteiger partial charge in [-0.1, -0.05) is 6.07 Å². The molecule has 0 aliphatic heterocycles. The zero-order chi connectivity index (χ0) is 15.4. The molecule has 0 fully saturated rings. The van der Waals surface area contributed by atoms with Crippen molar-refractivity contribution >= 4 is 45.0 Å². The summed E-state index contributed by atoms with van der Waals surface area (Å²) in [6.45, 7) is 2.88. The smallest absolute Gasteiger partial charge is 0.328 e. The molecular weight excluding hydrogens is 350 g/mol. The van der Waals surface area contributed by atoms with Gasteiger partial charge in [-0.25, -0.2) is 4.79 Å². The Morgan fingerprint density at radius 1 is 1.43 bits per heavy atom. The number of rotatable bonds is 5. The molecule has 0 amide bonds. The van der Waals surface area contributed by atoms with Gasteiger partial charge in [-0.15, -0.1) is 11.3 Å². The van der Waals surface area contributed by atoms with E-state index in [1.165, 1.54) is 5.56 Å². The van der Waals surface area contributed by atoms with Gasteiger partial charge in [0.25, 0.3) is 0 Å². The highest BCUT2D eigenvalue weighted by Gasteiger charge is 2.07. The monoisotopic (exact) mass is 365 g/mol. The van der Waals surface area contributed by atoms with Crippen molar-refractivity contribution in [3.8, 4) is 0 Å². The number of halogens is 1. The zero-order valence-corrected chi connectivity index (χ0v) is 14.2. The quantitative estimate of drug-likeness (QED) is 0.789. The van der Waals surface area contributed by atoms with E-state index >= 15 is 0 Å². The van der Waals surface area contributed by atoms with Gasteiger partial charge in [0, 0.05) is 25.4 Å². The Morgan fingerprint density at radius 2 is 2.19 bits per heavy atom. The number of thiophene rings is 1. The van der Waals surface area contributed by atoms with Crippen LogP contribution in [0.5, 0.6) is 0 Å². The number of anilines is 1. The van der Waals surface area contributed by atoms with Gasteiger partial charge in [-0.2, -0.15) is 0 Å². The molecular formula is C16H16BrNO2S. The third kappa shape index (κ3) is 4.44. The maximum atomic E-state index is 10.5. The molecule has 0 saturated heterocycles. The highest BCUT2D eigenvalue weighted by Crippen LogP contribution is 2.25. The minimum Gasteiger partial charge on any atom is -0.478 e. The molecule has 2 aromatic rings. The number of aryl methyl sites for hydroxylation is 1. The Hall–Kier alpha value is -1.59. The van der Waals surface area contributed by atoms with Gasteiger partial charge < -0.3 is 10.0 Å². The van der Waals surface area contributed by atoms with Crippen LogP contribution in [0.25, 0.3) is 6.08 Å². The molecule has 1 aromatic heterocycles. The van der Waals surface area contributed by atoms with Gasteiger partial charge in [-0.3, -0.25) is 0 Å².